The quantitative estimate of drug-likeness (QED) is 0.519. The highest BCUT2D eigenvalue weighted by Crippen LogP contribution is 2.32. The largest absolute Gasteiger partial charge is 0.465 e. The fourth-order valence-corrected chi connectivity index (χ4v) is 2.88. The van der Waals surface area contributed by atoms with Crippen LogP contribution in [0.15, 0.2) is 54.6 Å². The summed E-state index contributed by atoms with van der Waals surface area (Å²) in [6.07, 6.45) is 0. The Morgan fingerprint density at radius 3 is 2.58 bits per heavy atom. The Kier molecular flexibility index (Phi) is 5.45. The second kappa shape index (κ2) is 7.77. The summed E-state index contributed by atoms with van der Waals surface area (Å²) in [7, 11) is 1.35. The average molecular weight is 388 g/mol. The molecule has 1 aromatic heterocycles. The van der Waals surface area contributed by atoms with E-state index in [1.807, 2.05) is 25.1 Å². The van der Waals surface area contributed by atoms with E-state index in [0.717, 1.165) is 11.1 Å². The van der Waals surface area contributed by atoms with Crippen molar-refractivity contribution in [2.45, 2.75) is 6.92 Å². The first kappa shape index (κ1) is 18.2. The number of benzene rings is 2. The normalized spacial score (nSPS) is 10.5. The second-order valence-corrected chi connectivity index (χ2v) is 6.40. The first-order chi connectivity index (χ1) is 12.5. The third-order valence-electron chi connectivity index (χ3n) is 3.77. The van der Waals surface area contributed by atoms with Gasteiger partial charge in [-0.05, 0) is 48.9 Å². The first-order valence-electron chi connectivity index (χ1n) is 7.77. The molecule has 132 valence electrons. The molecule has 0 bridgehead atoms. The van der Waals surface area contributed by atoms with Crippen molar-refractivity contribution >= 4 is 29.2 Å². The Morgan fingerprint density at radius 1 is 1.04 bits per heavy atom. The molecule has 0 saturated heterocycles. The van der Waals surface area contributed by atoms with Crippen molar-refractivity contribution in [3.63, 3.8) is 0 Å². The summed E-state index contributed by atoms with van der Waals surface area (Å²) in [4.78, 5) is 16.3. The van der Waals surface area contributed by atoms with Crippen LogP contribution >= 0.6 is 23.2 Å². The number of halogens is 2. The summed E-state index contributed by atoms with van der Waals surface area (Å²) < 4.78 is 10.6. The molecule has 0 saturated carbocycles. The monoisotopic (exact) mass is 387 g/mol. The molecule has 0 N–H and O–H groups in total. The molecular weight excluding hydrogens is 373 g/mol. The van der Waals surface area contributed by atoms with Crippen LogP contribution in [0.1, 0.15) is 15.9 Å². The molecule has 6 heteroatoms. The van der Waals surface area contributed by atoms with Crippen molar-refractivity contribution in [3.8, 4) is 22.9 Å². The first-order valence-corrected chi connectivity index (χ1v) is 8.53. The molecule has 0 atom stereocenters. The Hall–Kier alpha value is -2.56. The SMILES string of the molecule is COC(=O)c1ccc(C)c(-c2cccc(Oc3ccc(Cl)cc3Cl)n2)c1. The number of hydrogen-bond donors (Lipinski definition) is 0. The zero-order chi connectivity index (χ0) is 18.7. The number of methoxy groups -OCH3 is 1. The lowest BCUT2D eigenvalue weighted by molar-refractivity contribution is 0.0601. The van der Waals surface area contributed by atoms with Gasteiger partial charge in [0.05, 0.1) is 23.4 Å². The van der Waals surface area contributed by atoms with E-state index >= 15 is 0 Å². The van der Waals surface area contributed by atoms with Gasteiger partial charge in [0.15, 0.2) is 0 Å². The van der Waals surface area contributed by atoms with E-state index in [4.69, 9.17) is 32.7 Å². The van der Waals surface area contributed by atoms with Crippen LogP contribution in [-0.2, 0) is 4.74 Å². The summed E-state index contributed by atoms with van der Waals surface area (Å²) in [5.74, 6) is 0.446. The van der Waals surface area contributed by atoms with Gasteiger partial charge in [0, 0.05) is 16.7 Å². The lowest BCUT2D eigenvalue weighted by Gasteiger charge is -2.11. The van der Waals surface area contributed by atoms with E-state index < -0.39 is 5.97 Å². The van der Waals surface area contributed by atoms with Crippen LogP contribution in [0.4, 0.5) is 0 Å². The van der Waals surface area contributed by atoms with Crippen LogP contribution in [0, 0.1) is 6.92 Å². The predicted octanol–water partition coefficient (Wildman–Crippen LogP) is 5.94. The summed E-state index contributed by atoms with van der Waals surface area (Å²) in [6.45, 7) is 1.95. The highest BCUT2D eigenvalue weighted by atomic mass is 35.5. The molecule has 26 heavy (non-hydrogen) atoms. The summed E-state index contributed by atoms with van der Waals surface area (Å²) in [5, 5.41) is 0.924. The number of carbonyl (C=O) groups is 1. The van der Waals surface area contributed by atoms with Gasteiger partial charge in [0.2, 0.25) is 5.88 Å². The summed E-state index contributed by atoms with van der Waals surface area (Å²) >= 11 is 12.0. The van der Waals surface area contributed by atoms with Crippen molar-refractivity contribution in [1.29, 1.82) is 0 Å². The average Bonchev–Trinajstić information content (AvgIpc) is 2.64. The molecule has 4 nitrogen and oxygen atoms in total. The number of carbonyl (C=O) groups excluding carboxylic acids is 1. The standard InChI is InChI=1S/C20H15Cl2NO3/c1-12-6-7-13(20(24)25-2)10-15(12)17-4-3-5-19(23-17)26-18-9-8-14(21)11-16(18)22/h3-11H,1-2H3. The van der Waals surface area contributed by atoms with Gasteiger partial charge in [-0.25, -0.2) is 9.78 Å². The van der Waals surface area contributed by atoms with E-state index in [0.29, 0.717) is 32.9 Å². The van der Waals surface area contributed by atoms with Gasteiger partial charge < -0.3 is 9.47 Å². The Morgan fingerprint density at radius 2 is 1.85 bits per heavy atom. The number of esters is 1. The van der Waals surface area contributed by atoms with Gasteiger partial charge in [0.25, 0.3) is 0 Å². The van der Waals surface area contributed by atoms with Gasteiger partial charge in [-0.3, -0.25) is 0 Å². The predicted molar refractivity (Wildman–Crippen MR) is 102 cm³/mol. The van der Waals surface area contributed by atoms with Crippen LogP contribution in [0.25, 0.3) is 11.3 Å². The van der Waals surface area contributed by atoms with Crippen LogP contribution in [-0.4, -0.2) is 18.1 Å². The van der Waals surface area contributed by atoms with Crippen LogP contribution in [0.3, 0.4) is 0 Å². The molecule has 0 aliphatic carbocycles. The third kappa shape index (κ3) is 3.98. The molecule has 1 heterocycles. The van der Waals surface area contributed by atoms with Crippen LogP contribution in [0.2, 0.25) is 10.0 Å². The third-order valence-corrected chi connectivity index (χ3v) is 4.30. The topological polar surface area (TPSA) is 48.4 Å². The molecule has 0 aliphatic rings. The molecule has 0 aliphatic heterocycles. The maximum Gasteiger partial charge on any atom is 0.337 e. The summed E-state index contributed by atoms with van der Waals surface area (Å²) in [6, 6.07) is 15.7. The number of hydrogen-bond acceptors (Lipinski definition) is 4. The van der Waals surface area contributed by atoms with Gasteiger partial charge >= 0.3 is 5.97 Å². The molecule has 0 spiro atoms. The molecule has 3 aromatic rings. The fraction of sp³-hybridized carbons (Fsp3) is 0.100. The van der Waals surface area contributed by atoms with Crippen molar-refractivity contribution in [2.75, 3.05) is 7.11 Å². The molecule has 0 unspecified atom stereocenters. The van der Waals surface area contributed by atoms with Gasteiger partial charge in [0.1, 0.15) is 5.75 Å². The minimum absolute atomic E-state index is 0.384. The highest BCUT2D eigenvalue weighted by Gasteiger charge is 2.12. The number of ether oxygens (including phenoxy) is 2. The van der Waals surface area contributed by atoms with E-state index in [-0.39, 0.29) is 0 Å². The molecule has 0 fully saturated rings. The van der Waals surface area contributed by atoms with Crippen molar-refractivity contribution in [2.24, 2.45) is 0 Å². The van der Waals surface area contributed by atoms with Gasteiger partial charge in [-0.1, -0.05) is 35.3 Å². The minimum atomic E-state index is -0.397. The van der Waals surface area contributed by atoms with Crippen molar-refractivity contribution < 1.29 is 14.3 Å². The number of rotatable bonds is 4. The zero-order valence-electron chi connectivity index (χ0n) is 14.1. The molecule has 3 rings (SSSR count). The van der Waals surface area contributed by atoms with E-state index in [2.05, 4.69) is 4.98 Å². The molecule has 2 aromatic carbocycles. The molecular formula is C20H15Cl2NO3. The van der Waals surface area contributed by atoms with Crippen molar-refractivity contribution in [3.05, 3.63) is 75.8 Å². The zero-order valence-corrected chi connectivity index (χ0v) is 15.6. The summed E-state index contributed by atoms with van der Waals surface area (Å²) in [5.41, 5.74) is 2.94. The maximum absolute atomic E-state index is 11.8. The Labute approximate surface area is 161 Å². The smallest absolute Gasteiger partial charge is 0.337 e. The minimum Gasteiger partial charge on any atom is -0.465 e. The number of aryl methyl sites for hydroxylation is 1. The van der Waals surface area contributed by atoms with Crippen LogP contribution in [0.5, 0.6) is 11.6 Å². The lowest BCUT2D eigenvalue weighted by Crippen LogP contribution is -2.02. The van der Waals surface area contributed by atoms with E-state index in [1.54, 1.807) is 36.4 Å². The van der Waals surface area contributed by atoms with Crippen LogP contribution < -0.4 is 4.74 Å². The second-order valence-electron chi connectivity index (χ2n) is 5.56. The van der Waals surface area contributed by atoms with Crippen molar-refractivity contribution in [1.82, 2.24) is 4.98 Å². The Balaban J connectivity index is 1.96. The van der Waals surface area contributed by atoms with Gasteiger partial charge in [-0.15, -0.1) is 0 Å². The van der Waals surface area contributed by atoms with E-state index in [9.17, 15) is 4.79 Å². The van der Waals surface area contributed by atoms with Gasteiger partial charge in [-0.2, -0.15) is 0 Å². The number of nitrogens with zero attached hydrogens (tertiary/aromatic N) is 1. The number of pyridine rings is 1. The molecule has 0 radical (unpaired) electrons. The van der Waals surface area contributed by atoms with E-state index in [1.165, 1.54) is 7.11 Å². The fourth-order valence-electron chi connectivity index (χ4n) is 2.44. The lowest BCUT2D eigenvalue weighted by atomic mass is 10.0. The Bertz CT molecular complexity index is 973. The molecule has 0 amide bonds. The number of aromatic nitrogens is 1. The maximum atomic E-state index is 11.8. The highest BCUT2D eigenvalue weighted by molar-refractivity contribution is 6.35.